The van der Waals surface area contributed by atoms with Crippen molar-refractivity contribution in [1.29, 1.82) is 0 Å². The highest BCUT2D eigenvalue weighted by Gasteiger charge is 2.35. The van der Waals surface area contributed by atoms with Gasteiger partial charge in [-0.05, 0) is 47.3 Å². The van der Waals surface area contributed by atoms with Gasteiger partial charge in [-0.1, -0.05) is 24.8 Å². The molecule has 2 aromatic carbocycles. The SMILES string of the molecule is C=C1C(=O)C(Nc2cc(NC(=O)c3sccc3NCc3ccnc4ccccc34)cc(C(F)(F)F)c2)=C1OC. The molecule has 0 saturated heterocycles. The number of carbonyl (C=O) groups is 2. The van der Waals surface area contributed by atoms with Crippen LogP contribution in [0, 0.1) is 0 Å². The maximum absolute atomic E-state index is 13.6. The summed E-state index contributed by atoms with van der Waals surface area (Å²) < 4.78 is 46.0. The number of ketones is 1. The number of hydrogen-bond donors (Lipinski definition) is 3. The summed E-state index contributed by atoms with van der Waals surface area (Å²) in [5.41, 5.74) is 1.34. The van der Waals surface area contributed by atoms with E-state index < -0.39 is 23.4 Å². The number of amides is 1. The summed E-state index contributed by atoms with van der Waals surface area (Å²) in [5, 5.41) is 11.1. The maximum Gasteiger partial charge on any atom is 0.416 e. The van der Waals surface area contributed by atoms with Crippen molar-refractivity contribution >= 4 is 51.0 Å². The topological polar surface area (TPSA) is 92.4 Å². The molecule has 1 aliphatic carbocycles. The van der Waals surface area contributed by atoms with E-state index >= 15 is 0 Å². The van der Waals surface area contributed by atoms with E-state index in [1.165, 1.54) is 13.2 Å². The number of Topliss-reactive ketones (excluding diaryl/α,β-unsaturated/α-hetero) is 1. The number of halogens is 3. The zero-order valence-electron chi connectivity index (χ0n) is 20.5. The van der Waals surface area contributed by atoms with Crippen molar-refractivity contribution < 1.29 is 27.5 Å². The van der Waals surface area contributed by atoms with Crippen molar-refractivity contribution in [3.63, 3.8) is 0 Å². The van der Waals surface area contributed by atoms with E-state index in [-0.39, 0.29) is 28.4 Å². The molecule has 5 rings (SSSR count). The molecule has 198 valence electrons. The quantitative estimate of drug-likeness (QED) is 0.215. The van der Waals surface area contributed by atoms with Gasteiger partial charge in [0.05, 0.1) is 29.5 Å². The first-order valence-corrected chi connectivity index (χ1v) is 12.5. The molecule has 11 heteroatoms. The maximum atomic E-state index is 13.6. The van der Waals surface area contributed by atoms with E-state index in [4.69, 9.17) is 4.74 Å². The number of rotatable bonds is 8. The Hall–Kier alpha value is -4.64. The number of ether oxygens (including phenoxy) is 1. The molecule has 1 aliphatic rings. The zero-order chi connectivity index (χ0) is 27.7. The Bertz CT molecular complexity index is 1650. The molecule has 4 aromatic rings. The predicted octanol–water partition coefficient (Wildman–Crippen LogP) is 6.59. The molecule has 7 nitrogen and oxygen atoms in total. The van der Waals surface area contributed by atoms with Crippen LogP contribution in [0.5, 0.6) is 0 Å². The molecule has 39 heavy (non-hydrogen) atoms. The first kappa shape index (κ1) is 26.0. The van der Waals surface area contributed by atoms with Gasteiger partial charge in [0.25, 0.3) is 5.91 Å². The van der Waals surface area contributed by atoms with Crippen LogP contribution in [0.2, 0.25) is 0 Å². The lowest BCUT2D eigenvalue weighted by Crippen LogP contribution is -2.28. The fourth-order valence-electron chi connectivity index (χ4n) is 4.18. The fraction of sp³-hybridized carbons (Fsp3) is 0.107. The number of thiophene rings is 1. The highest BCUT2D eigenvalue weighted by molar-refractivity contribution is 7.12. The number of nitrogens with zero attached hydrogens (tertiary/aromatic N) is 1. The third-order valence-corrected chi connectivity index (χ3v) is 6.99. The van der Waals surface area contributed by atoms with Crippen LogP contribution in [-0.2, 0) is 22.3 Å². The van der Waals surface area contributed by atoms with Crippen LogP contribution in [0.1, 0.15) is 20.8 Å². The van der Waals surface area contributed by atoms with Crippen LogP contribution in [0.25, 0.3) is 10.9 Å². The largest absolute Gasteiger partial charge is 0.494 e. The summed E-state index contributed by atoms with van der Waals surface area (Å²) in [6.07, 6.45) is -2.98. The number of anilines is 3. The van der Waals surface area contributed by atoms with Crippen molar-refractivity contribution in [3.8, 4) is 0 Å². The zero-order valence-corrected chi connectivity index (χ0v) is 21.3. The second-order valence-corrected chi connectivity index (χ2v) is 9.51. The van der Waals surface area contributed by atoms with Crippen LogP contribution in [0.3, 0.4) is 0 Å². The molecule has 3 N–H and O–H groups in total. The van der Waals surface area contributed by atoms with Gasteiger partial charge in [0.15, 0.2) is 5.76 Å². The lowest BCUT2D eigenvalue weighted by atomic mass is 9.95. The number of alkyl halides is 3. The lowest BCUT2D eigenvalue weighted by molar-refractivity contribution is -0.137. The standard InChI is InChI=1S/C28H21F3N4O3S/c1-15-24(36)23(25(15)38-2)34-18-11-17(28(29,30)31)12-19(13-18)35-27(37)26-22(8-10-39-26)33-14-16-7-9-32-21-6-4-3-5-20(16)21/h3-13,33-34H,1,14H2,2H3,(H,35,37). The van der Waals surface area contributed by atoms with Crippen molar-refractivity contribution in [2.45, 2.75) is 12.7 Å². The molecule has 1 amide bonds. The molecule has 0 radical (unpaired) electrons. The highest BCUT2D eigenvalue weighted by Crippen LogP contribution is 2.36. The molecule has 0 atom stereocenters. The number of allylic oxidation sites excluding steroid dienone is 2. The Morgan fingerprint density at radius 1 is 1.10 bits per heavy atom. The van der Waals surface area contributed by atoms with Crippen molar-refractivity contribution in [2.75, 3.05) is 23.1 Å². The number of aromatic nitrogens is 1. The van der Waals surface area contributed by atoms with E-state index in [1.807, 2.05) is 30.3 Å². The number of benzene rings is 2. The summed E-state index contributed by atoms with van der Waals surface area (Å²) in [7, 11) is 1.33. The molecule has 0 fully saturated rings. The predicted molar refractivity (Wildman–Crippen MR) is 145 cm³/mol. The summed E-state index contributed by atoms with van der Waals surface area (Å²) in [6, 6.07) is 14.3. The number of carbonyl (C=O) groups excluding carboxylic acids is 2. The van der Waals surface area contributed by atoms with E-state index in [1.54, 1.807) is 17.6 Å². The smallest absolute Gasteiger partial charge is 0.416 e. The van der Waals surface area contributed by atoms with Gasteiger partial charge < -0.3 is 20.7 Å². The van der Waals surface area contributed by atoms with Gasteiger partial charge in [0, 0.05) is 29.5 Å². The Morgan fingerprint density at radius 2 is 1.87 bits per heavy atom. The number of methoxy groups -OCH3 is 1. The lowest BCUT2D eigenvalue weighted by Gasteiger charge is -2.24. The average molecular weight is 551 g/mol. The minimum atomic E-state index is -4.69. The molecular formula is C28H21F3N4O3S. The van der Waals surface area contributed by atoms with Gasteiger partial charge in [0.2, 0.25) is 5.78 Å². The molecule has 0 unspecified atom stereocenters. The number of nitrogens with one attached hydrogen (secondary N) is 3. The summed E-state index contributed by atoms with van der Waals surface area (Å²) in [6.45, 7) is 3.98. The normalized spacial score (nSPS) is 13.3. The van der Waals surface area contributed by atoms with Gasteiger partial charge >= 0.3 is 6.18 Å². The monoisotopic (exact) mass is 550 g/mol. The number of pyridine rings is 1. The van der Waals surface area contributed by atoms with Gasteiger partial charge in [-0.3, -0.25) is 14.6 Å². The summed E-state index contributed by atoms with van der Waals surface area (Å²) in [5.74, 6) is -0.882. The fourth-order valence-corrected chi connectivity index (χ4v) is 4.94. The van der Waals surface area contributed by atoms with Crippen LogP contribution in [0.4, 0.5) is 30.2 Å². The molecular weight excluding hydrogens is 529 g/mol. The third-order valence-electron chi connectivity index (χ3n) is 6.07. The van der Waals surface area contributed by atoms with Gasteiger partial charge in [-0.25, -0.2) is 0 Å². The first-order valence-electron chi connectivity index (χ1n) is 11.6. The van der Waals surface area contributed by atoms with Gasteiger partial charge in [0.1, 0.15) is 10.6 Å². The van der Waals surface area contributed by atoms with Crippen LogP contribution < -0.4 is 16.0 Å². The Morgan fingerprint density at radius 3 is 2.64 bits per heavy atom. The Labute approximate surface area is 225 Å². The van der Waals surface area contributed by atoms with Crippen molar-refractivity contribution in [3.05, 3.63) is 106 Å². The minimum Gasteiger partial charge on any atom is -0.494 e. The molecule has 2 aromatic heterocycles. The molecule has 0 saturated carbocycles. The second kappa shape index (κ2) is 10.3. The molecule has 2 heterocycles. The minimum absolute atomic E-state index is 0.00696. The molecule has 0 bridgehead atoms. The van der Waals surface area contributed by atoms with Crippen LogP contribution >= 0.6 is 11.3 Å². The second-order valence-electron chi connectivity index (χ2n) is 8.60. The highest BCUT2D eigenvalue weighted by atomic mass is 32.1. The third kappa shape index (κ3) is 5.21. The molecule has 0 aliphatic heterocycles. The van der Waals surface area contributed by atoms with Crippen molar-refractivity contribution in [2.24, 2.45) is 0 Å². The molecule has 0 spiro atoms. The number of hydrogen-bond acceptors (Lipinski definition) is 7. The van der Waals surface area contributed by atoms with Crippen LogP contribution in [0.15, 0.2) is 89.8 Å². The van der Waals surface area contributed by atoms with E-state index in [0.717, 1.165) is 39.9 Å². The average Bonchev–Trinajstić information content (AvgIpc) is 3.40. The van der Waals surface area contributed by atoms with Gasteiger partial charge in [-0.15, -0.1) is 11.3 Å². The number of para-hydroxylation sites is 1. The number of fused-ring (bicyclic) bond motifs is 1. The Balaban J connectivity index is 1.37. The first-order chi connectivity index (χ1) is 18.7. The van der Waals surface area contributed by atoms with E-state index in [9.17, 15) is 22.8 Å². The summed E-state index contributed by atoms with van der Waals surface area (Å²) >= 11 is 1.15. The summed E-state index contributed by atoms with van der Waals surface area (Å²) in [4.78, 5) is 29.9. The van der Waals surface area contributed by atoms with Crippen molar-refractivity contribution in [1.82, 2.24) is 4.98 Å². The van der Waals surface area contributed by atoms with E-state index in [0.29, 0.717) is 17.1 Å². The van der Waals surface area contributed by atoms with Gasteiger partial charge in [-0.2, -0.15) is 13.2 Å². The van der Waals surface area contributed by atoms with Crippen LogP contribution in [-0.4, -0.2) is 23.8 Å². The Kier molecular flexibility index (Phi) is 6.83. The van der Waals surface area contributed by atoms with E-state index in [2.05, 4.69) is 27.5 Å².